The number of carbonyl (C=O) groups excluding carboxylic acids is 1. The van der Waals surface area contributed by atoms with Crippen molar-refractivity contribution in [2.24, 2.45) is 5.92 Å². The van der Waals surface area contributed by atoms with E-state index in [9.17, 15) is 9.59 Å². The molecule has 0 aromatic heterocycles. The first-order chi connectivity index (χ1) is 7.52. The van der Waals surface area contributed by atoms with E-state index < -0.39 is 5.97 Å². The van der Waals surface area contributed by atoms with Gasteiger partial charge in [-0.1, -0.05) is 0 Å². The lowest BCUT2D eigenvalue weighted by Gasteiger charge is -2.30. The van der Waals surface area contributed by atoms with Crippen molar-refractivity contribution in [2.45, 2.75) is 32.7 Å². The first kappa shape index (κ1) is 13.4. The van der Waals surface area contributed by atoms with Crippen LogP contribution >= 0.6 is 11.8 Å². The van der Waals surface area contributed by atoms with Gasteiger partial charge in [-0.3, -0.25) is 9.59 Å². The fraction of sp³-hybridized carbons (Fsp3) is 0.818. The average Bonchev–Trinajstić information content (AvgIpc) is 2.25. The summed E-state index contributed by atoms with van der Waals surface area (Å²) in [5.41, 5.74) is 0. The van der Waals surface area contributed by atoms with Crippen LogP contribution < -0.4 is 0 Å². The normalized spacial score (nSPS) is 17.4. The number of carboxylic acid groups (broad SMARTS) is 1. The van der Waals surface area contributed by atoms with Gasteiger partial charge in [0.25, 0.3) is 0 Å². The monoisotopic (exact) mass is 245 g/mol. The summed E-state index contributed by atoms with van der Waals surface area (Å²) in [6.07, 6.45) is 1.76. The van der Waals surface area contributed by atoms with Crippen LogP contribution in [0.3, 0.4) is 0 Å². The summed E-state index contributed by atoms with van der Waals surface area (Å²) in [7, 11) is 0. The van der Waals surface area contributed by atoms with Crippen molar-refractivity contribution in [3.8, 4) is 0 Å². The van der Waals surface area contributed by atoms with Crippen LogP contribution in [0.15, 0.2) is 0 Å². The molecule has 1 heterocycles. The van der Waals surface area contributed by atoms with Crippen molar-refractivity contribution in [2.75, 3.05) is 18.1 Å². The first-order valence-electron chi connectivity index (χ1n) is 5.62. The van der Waals surface area contributed by atoms with Crippen LogP contribution in [-0.2, 0) is 9.59 Å². The Bertz CT molecular complexity index is 262. The molecule has 0 spiro atoms. The number of amides is 1. The van der Waals surface area contributed by atoms with Gasteiger partial charge in [0.1, 0.15) is 6.54 Å². The van der Waals surface area contributed by atoms with Crippen LogP contribution in [-0.4, -0.2) is 46.0 Å². The number of carbonyl (C=O) groups is 2. The molecule has 92 valence electrons. The Balaban J connectivity index is 2.61. The molecule has 1 aliphatic heterocycles. The van der Waals surface area contributed by atoms with Crippen LogP contribution in [0.2, 0.25) is 0 Å². The lowest BCUT2D eigenvalue weighted by atomic mass is 10.0. The minimum Gasteiger partial charge on any atom is -0.480 e. The molecule has 1 fully saturated rings. The third kappa shape index (κ3) is 3.70. The second-order valence-corrected chi connectivity index (χ2v) is 5.57. The second-order valence-electron chi connectivity index (χ2n) is 4.34. The molecule has 0 aromatic rings. The van der Waals surface area contributed by atoms with Crippen molar-refractivity contribution in [1.29, 1.82) is 0 Å². The minimum atomic E-state index is -0.938. The molecule has 0 radical (unpaired) electrons. The third-order valence-electron chi connectivity index (χ3n) is 2.78. The summed E-state index contributed by atoms with van der Waals surface area (Å²) in [5.74, 6) is 1.12. The molecule has 5 heteroatoms. The SMILES string of the molecule is CC(C)N(CC(=O)O)C(=O)C1CCSCC1. The molecular formula is C11H19NO3S. The summed E-state index contributed by atoms with van der Waals surface area (Å²) in [5, 5.41) is 8.78. The van der Waals surface area contributed by atoms with Gasteiger partial charge in [-0.25, -0.2) is 0 Å². The molecule has 0 atom stereocenters. The van der Waals surface area contributed by atoms with E-state index in [1.54, 1.807) is 0 Å². The van der Waals surface area contributed by atoms with E-state index in [2.05, 4.69) is 0 Å². The first-order valence-corrected chi connectivity index (χ1v) is 6.78. The molecule has 1 rings (SSSR count). The second kappa shape index (κ2) is 6.13. The van der Waals surface area contributed by atoms with Crippen LogP contribution in [0.1, 0.15) is 26.7 Å². The lowest BCUT2D eigenvalue weighted by Crippen LogP contribution is -2.44. The largest absolute Gasteiger partial charge is 0.480 e. The molecule has 16 heavy (non-hydrogen) atoms. The van der Waals surface area contributed by atoms with Gasteiger partial charge in [0.2, 0.25) is 5.91 Å². The van der Waals surface area contributed by atoms with Crippen LogP contribution in [0, 0.1) is 5.92 Å². The molecule has 0 saturated carbocycles. The molecule has 1 saturated heterocycles. The quantitative estimate of drug-likeness (QED) is 0.814. The summed E-state index contributed by atoms with van der Waals surface area (Å²) in [6.45, 7) is 3.54. The smallest absolute Gasteiger partial charge is 0.323 e. The third-order valence-corrected chi connectivity index (χ3v) is 3.83. The fourth-order valence-corrected chi connectivity index (χ4v) is 2.95. The van der Waals surface area contributed by atoms with Crippen LogP contribution in [0.4, 0.5) is 0 Å². The Morgan fingerprint density at radius 1 is 1.38 bits per heavy atom. The van der Waals surface area contributed by atoms with Crippen molar-refractivity contribution < 1.29 is 14.7 Å². The van der Waals surface area contributed by atoms with E-state index in [0.29, 0.717) is 0 Å². The van der Waals surface area contributed by atoms with E-state index in [-0.39, 0.29) is 24.4 Å². The molecule has 1 N–H and O–H groups in total. The van der Waals surface area contributed by atoms with Gasteiger partial charge in [-0.2, -0.15) is 11.8 Å². The van der Waals surface area contributed by atoms with Gasteiger partial charge in [0, 0.05) is 12.0 Å². The summed E-state index contributed by atoms with van der Waals surface area (Å²) < 4.78 is 0. The topological polar surface area (TPSA) is 57.6 Å². The Hall–Kier alpha value is -0.710. The van der Waals surface area contributed by atoms with E-state index in [1.807, 2.05) is 25.6 Å². The van der Waals surface area contributed by atoms with Gasteiger partial charge in [0.15, 0.2) is 0 Å². The zero-order chi connectivity index (χ0) is 12.1. The van der Waals surface area contributed by atoms with Gasteiger partial charge < -0.3 is 10.0 Å². The predicted molar refractivity (Wildman–Crippen MR) is 64.5 cm³/mol. The number of thioether (sulfide) groups is 1. The van der Waals surface area contributed by atoms with Gasteiger partial charge in [-0.15, -0.1) is 0 Å². The Kier molecular flexibility index (Phi) is 5.12. The molecule has 1 aliphatic rings. The number of hydrogen-bond donors (Lipinski definition) is 1. The number of nitrogens with zero attached hydrogens (tertiary/aromatic N) is 1. The van der Waals surface area contributed by atoms with E-state index >= 15 is 0 Å². The van der Waals surface area contributed by atoms with Gasteiger partial charge >= 0.3 is 5.97 Å². The van der Waals surface area contributed by atoms with Crippen molar-refractivity contribution >= 4 is 23.6 Å². The van der Waals surface area contributed by atoms with Crippen molar-refractivity contribution in [1.82, 2.24) is 4.90 Å². The van der Waals surface area contributed by atoms with Gasteiger partial charge in [-0.05, 0) is 38.2 Å². The molecule has 4 nitrogen and oxygen atoms in total. The van der Waals surface area contributed by atoms with E-state index in [4.69, 9.17) is 5.11 Å². The Morgan fingerprint density at radius 2 is 1.94 bits per heavy atom. The maximum Gasteiger partial charge on any atom is 0.323 e. The molecule has 0 aliphatic carbocycles. The number of aliphatic carboxylic acids is 1. The fourth-order valence-electron chi connectivity index (χ4n) is 1.84. The highest BCUT2D eigenvalue weighted by Gasteiger charge is 2.28. The highest BCUT2D eigenvalue weighted by atomic mass is 32.2. The molecule has 0 aromatic carbocycles. The highest BCUT2D eigenvalue weighted by molar-refractivity contribution is 7.99. The Morgan fingerprint density at radius 3 is 2.38 bits per heavy atom. The summed E-state index contributed by atoms with van der Waals surface area (Å²) in [4.78, 5) is 24.3. The molecule has 0 unspecified atom stereocenters. The van der Waals surface area contributed by atoms with E-state index in [0.717, 1.165) is 24.3 Å². The van der Waals surface area contributed by atoms with Gasteiger partial charge in [0.05, 0.1) is 0 Å². The maximum atomic E-state index is 12.1. The predicted octanol–water partition coefficient (Wildman–Crippen LogP) is 1.45. The lowest BCUT2D eigenvalue weighted by molar-refractivity contribution is -0.147. The zero-order valence-electron chi connectivity index (χ0n) is 9.81. The average molecular weight is 245 g/mol. The summed E-state index contributed by atoms with van der Waals surface area (Å²) >= 11 is 1.86. The molecule has 1 amide bonds. The summed E-state index contributed by atoms with van der Waals surface area (Å²) in [6, 6.07) is -0.0434. The number of carboxylic acids is 1. The molecule has 0 bridgehead atoms. The number of hydrogen-bond acceptors (Lipinski definition) is 3. The zero-order valence-corrected chi connectivity index (χ0v) is 10.6. The highest BCUT2D eigenvalue weighted by Crippen LogP contribution is 2.25. The van der Waals surface area contributed by atoms with E-state index in [1.165, 1.54) is 4.90 Å². The van der Waals surface area contributed by atoms with Crippen molar-refractivity contribution in [3.63, 3.8) is 0 Å². The van der Waals surface area contributed by atoms with Crippen LogP contribution in [0.5, 0.6) is 0 Å². The number of rotatable bonds is 4. The minimum absolute atomic E-state index is 0.0118. The standard InChI is InChI=1S/C11H19NO3S/c1-8(2)12(7-10(13)14)11(15)9-3-5-16-6-4-9/h8-9H,3-7H2,1-2H3,(H,13,14). The molecular weight excluding hydrogens is 226 g/mol. The maximum absolute atomic E-state index is 12.1. The Labute approximate surface area is 100 Å². The van der Waals surface area contributed by atoms with Crippen LogP contribution in [0.25, 0.3) is 0 Å². The van der Waals surface area contributed by atoms with Crippen molar-refractivity contribution in [3.05, 3.63) is 0 Å².